The third kappa shape index (κ3) is 5.71. The molecule has 0 aliphatic rings. The fourth-order valence-electron chi connectivity index (χ4n) is 1.63. The number of rotatable bonds is 9. The van der Waals surface area contributed by atoms with Gasteiger partial charge in [-0.3, -0.25) is 0 Å². The number of ether oxygens (including phenoxy) is 2. The van der Waals surface area contributed by atoms with Crippen LogP contribution < -0.4 is 15.0 Å². The van der Waals surface area contributed by atoms with E-state index in [1.807, 2.05) is 25.8 Å². The number of nitrogens with zero attached hydrogens (tertiary/aromatic N) is 4. The second-order valence-electron chi connectivity index (χ2n) is 5.25. The Labute approximate surface area is 127 Å². The molecular weight excluding hydrogens is 270 g/mol. The fraction of sp³-hybridized carbons (Fsp3) is 0.786. The monoisotopic (exact) mass is 297 g/mol. The van der Waals surface area contributed by atoms with Gasteiger partial charge < -0.3 is 19.7 Å². The first-order valence-corrected chi connectivity index (χ1v) is 7.36. The Morgan fingerprint density at radius 2 is 1.90 bits per heavy atom. The van der Waals surface area contributed by atoms with E-state index in [0.717, 1.165) is 13.0 Å². The normalized spacial score (nSPS) is 12.3. The van der Waals surface area contributed by atoms with Crippen molar-refractivity contribution in [3.63, 3.8) is 0 Å². The van der Waals surface area contributed by atoms with E-state index < -0.39 is 0 Å². The van der Waals surface area contributed by atoms with Gasteiger partial charge in [0.2, 0.25) is 11.9 Å². The molecule has 1 rings (SSSR count). The summed E-state index contributed by atoms with van der Waals surface area (Å²) >= 11 is 0. The van der Waals surface area contributed by atoms with Gasteiger partial charge in [-0.25, -0.2) is 0 Å². The summed E-state index contributed by atoms with van der Waals surface area (Å²) in [6, 6.07) is 0.494. The van der Waals surface area contributed by atoms with Crippen molar-refractivity contribution >= 4 is 11.9 Å². The highest BCUT2D eigenvalue weighted by Crippen LogP contribution is 2.17. The lowest BCUT2D eigenvalue weighted by atomic mass is 10.3. The molecule has 1 aromatic heterocycles. The fourth-order valence-corrected chi connectivity index (χ4v) is 1.63. The van der Waals surface area contributed by atoms with Gasteiger partial charge in [0.15, 0.2) is 0 Å². The molecule has 1 N–H and O–H groups in total. The van der Waals surface area contributed by atoms with E-state index in [9.17, 15) is 0 Å². The minimum absolute atomic E-state index is 0.0148. The van der Waals surface area contributed by atoms with E-state index >= 15 is 0 Å². The second kappa shape index (κ2) is 8.61. The van der Waals surface area contributed by atoms with Gasteiger partial charge >= 0.3 is 6.01 Å². The molecule has 0 aromatic carbocycles. The van der Waals surface area contributed by atoms with Crippen LogP contribution in [0.4, 0.5) is 11.9 Å². The molecule has 1 unspecified atom stereocenters. The summed E-state index contributed by atoms with van der Waals surface area (Å²) in [6.07, 6.45) is 1.01. The Bertz CT molecular complexity index is 428. The maximum atomic E-state index is 5.61. The number of hydrogen-bond donors (Lipinski definition) is 1. The minimum atomic E-state index is 0.0148. The van der Waals surface area contributed by atoms with Crippen molar-refractivity contribution in [2.75, 3.05) is 37.5 Å². The summed E-state index contributed by atoms with van der Waals surface area (Å²) in [5.74, 6) is 1.11. The molecule has 0 saturated heterocycles. The van der Waals surface area contributed by atoms with E-state index in [0.29, 0.717) is 24.5 Å². The van der Waals surface area contributed by atoms with Crippen molar-refractivity contribution in [1.82, 2.24) is 15.0 Å². The molecular formula is C14H27N5O2. The molecule has 0 bridgehead atoms. The van der Waals surface area contributed by atoms with Crippen LogP contribution in [0.25, 0.3) is 0 Å². The van der Waals surface area contributed by atoms with Crippen molar-refractivity contribution < 1.29 is 9.47 Å². The zero-order valence-electron chi connectivity index (χ0n) is 13.9. The minimum Gasteiger partial charge on any atom is -0.461 e. The van der Waals surface area contributed by atoms with Crippen LogP contribution in [-0.2, 0) is 4.74 Å². The molecule has 0 aliphatic heterocycles. The molecule has 21 heavy (non-hydrogen) atoms. The average Bonchev–Trinajstić information content (AvgIpc) is 2.43. The molecule has 7 nitrogen and oxygen atoms in total. The zero-order chi connectivity index (χ0) is 15.8. The summed E-state index contributed by atoms with van der Waals surface area (Å²) < 4.78 is 10.8. The maximum Gasteiger partial charge on any atom is 0.323 e. The molecule has 0 saturated carbocycles. The quantitative estimate of drug-likeness (QED) is 0.747. The highest BCUT2D eigenvalue weighted by molar-refractivity contribution is 5.38. The Balaban J connectivity index is 2.99. The SMILES string of the molecule is CCCNc1nc(OC(C)C)nc(N(C)C(C)COC)n1. The summed E-state index contributed by atoms with van der Waals surface area (Å²) in [5.41, 5.74) is 0. The van der Waals surface area contributed by atoms with Crippen molar-refractivity contribution in [2.45, 2.75) is 46.3 Å². The van der Waals surface area contributed by atoms with Gasteiger partial charge in [-0.05, 0) is 27.2 Å². The summed E-state index contributed by atoms with van der Waals surface area (Å²) in [4.78, 5) is 15.0. The summed E-state index contributed by atoms with van der Waals surface area (Å²) in [5, 5.41) is 3.17. The van der Waals surface area contributed by atoms with E-state index in [1.54, 1.807) is 7.11 Å². The molecule has 1 aromatic rings. The Kier molecular flexibility index (Phi) is 7.14. The van der Waals surface area contributed by atoms with Gasteiger partial charge in [-0.1, -0.05) is 6.92 Å². The molecule has 1 atom stereocenters. The predicted molar refractivity (Wildman–Crippen MR) is 84.1 cm³/mol. The first-order valence-electron chi connectivity index (χ1n) is 7.36. The standard InChI is InChI=1S/C14H27N5O2/c1-7-8-15-12-16-13(19(5)11(4)9-20-6)18-14(17-12)21-10(2)3/h10-11H,7-9H2,1-6H3,(H,15,16,17,18). The smallest absolute Gasteiger partial charge is 0.323 e. The molecule has 0 fully saturated rings. The Morgan fingerprint density at radius 3 is 2.48 bits per heavy atom. The largest absolute Gasteiger partial charge is 0.461 e. The molecule has 0 aliphatic carbocycles. The topological polar surface area (TPSA) is 72.4 Å². The predicted octanol–water partition coefficient (Wildman–Crippen LogP) is 1.95. The van der Waals surface area contributed by atoms with Crippen LogP contribution in [0.3, 0.4) is 0 Å². The van der Waals surface area contributed by atoms with Crippen LogP contribution in [0.5, 0.6) is 6.01 Å². The van der Waals surface area contributed by atoms with Crippen LogP contribution in [0.1, 0.15) is 34.1 Å². The van der Waals surface area contributed by atoms with Gasteiger partial charge in [0, 0.05) is 20.7 Å². The van der Waals surface area contributed by atoms with E-state index in [2.05, 4.69) is 34.1 Å². The number of nitrogens with one attached hydrogen (secondary N) is 1. The number of anilines is 2. The number of methoxy groups -OCH3 is 1. The number of likely N-dealkylation sites (N-methyl/N-ethyl adjacent to an activating group) is 1. The van der Waals surface area contributed by atoms with Gasteiger partial charge in [-0.2, -0.15) is 15.0 Å². The third-order valence-electron chi connectivity index (χ3n) is 2.86. The van der Waals surface area contributed by atoms with Crippen molar-refractivity contribution in [2.24, 2.45) is 0 Å². The summed E-state index contributed by atoms with van der Waals surface area (Å²) in [6.45, 7) is 9.44. The first-order chi connectivity index (χ1) is 9.97. The van der Waals surface area contributed by atoms with E-state index in [-0.39, 0.29) is 12.1 Å². The van der Waals surface area contributed by atoms with Crippen LogP contribution >= 0.6 is 0 Å². The lowest BCUT2D eigenvalue weighted by Gasteiger charge is -2.24. The van der Waals surface area contributed by atoms with Crippen LogP contribution in [-0.4, -0.2) is 54.4 Å². The molecule has 120 valence electrons. The van der Waals surface area contributed by atoms with Crippen LogP contribution in [0.2, 0.25) is 0 Å². The molecule has 1 heterocycles. The Morgan fingerprint density at radius 1 is 1.19 bits per heavy atom. The highest BCUT2D eigenvalue weighted by Gasteiger charge is 2.16. The molecule has 0 amide bonds. The second-order valence-corrected chi connectivity index (χ2v) is 5.25. The van der Waals surface area contributed by atoms with Crippen molar-refractivity contribution in [1.29, 1.82) is 0 Å². The van der Waals surface area contributed by atoms with Gasteiger partial charge in [0.25, 0.3) is 0 Å². The van der Waals surface area contributed by atoms with Crippen LogP contribution in [0.15, 0.2) is 0 Å². The summed E-state index contributed by atoms with van der Waals surface area (Å²) in [7, 11) is 3.61. The zero-order valence-corrected chi connectivity index (χ0v) is 13.9. The third-order valence-corrected chi connectivity index (χ3v) is 2.86. The number of aromatic nitrogens is 3. The first kappa shape index (κ1) is 17.4. The number of hydrogen-bond acceptors (Lipinski definition) is 7. The van der Waals surface area contributed by atoms with Crippen LogP contribution in [0, 0.1) is 0 Å². The maximum absolute atomic E-state index is 5.61. The Hall–Kier alpha value is -1.63. The highest BCUT2D eigenvalue weighted by atomic mass is 16.5. The van der Waals surface area contributed by atoms with Gasteiger partial charge in [0.1, 0.15) is 0 Å². The van der Waals surface area contributed by atoms with E-state index in [1.165, 1.54) is 0 Å². The molecule has 7 heteroatoms. The van der Waals surface area contributed by atoms with Crippen molar-refractivity contribution in [3.05, 3.63) is 0 Å². The lowest BCUT2D eigenvalue weighted by Crippen LogP contribution is -2.34. The lowest BCUT2D eigenvalue weighted by molar-refractivity contribution is 0.182. The average molecular weight is 297 g/mol. The van der Waals surface area contributed by atoms with E-state index in [4.69, 9.17) is 9.47 Å². The van der Waals surface area contributed by atoms with Gasteiger partial charge in [-0.15, -0.1) is 0 Å². The van der Waals surface area contributed by atoms with Gasteiger partial charge in [0.05, 0.1) is 18.8 Å². The molecule has 0 radical (unpaired) electrons. The molecule has 0 spiro atoms. The van der Waals surface area contributed by atoms with Crippen molar-refractivity contribution in [3.8, 4) is 6.01 Å².